The highest BCUT2D eigenvalue weighted by Crippen LogP contribution is 2.20. The second-order valence-electron chi connectivity index (χ2n) is 5.67. The number of nitrogens with zero attached hydrogens (tertiary/aromatic N) is 3. The molecule has 5 heteroatoms. The molecular formula is C20H13N3O2. The van der Waals surface area contributed by atoms with Gasteiger partial charge in [0.15, 0.2) is 0 Å². The Bertz CT molecular complexity index is 963. The molecule has 0 atom stereocenters. The molecule has 1 amide bonds. The number of likely N-dealkylation sites (tertiary alicyclic amines) is 1. The highest BCUT2D eigenvalue weighted by Gasteiger charge is 2.33. The molecule has 0 aliphatic carbocycles. The van der Waals surface area contributed by atoms with Gasteiger partial charge in [0.25, 0.3) is 5.91 Å². The molecule has 1 heterocycles. The summed E-state index contributed by atoms with van der Waals surface area (Å²) in [6, 6.07) is 18.1. The standard InChI is InChI=1S/C20H13N3O2/c21-10-16-7-6-15(8-17(16)11-22)9-18-13-23(20(25)19(18)24)12-14-4-2-1-3-5-14/h1-9H,12-13H2/b18-9-. The van der Waals surface area contributed by atoms with E-state index in [-0.39, 0.29) is 17.7 Å². The molecule has 25 heavy (non-hydrogen) atoms. The lowest BCUT2D eigenvalue weighted by Crippen LogP contribution is -2.26. The number of carbonyl (C=O) groups excluding carboxylic acids is 2. The number of ketones is 1. The Morgan fingerprint density at radius 1 is 1.00 bits per heavy atom. The van der Waals surface area contributed by atoms with Crippen molar-refractivity contribution in [2.75, 3.05) is 6.54 Å². The summed E-state index contributed by atoms with van der Waals surface area (Å²) in [5, 5.41) is 18.0. The molecular weight excluding hydrogens is 314 g/mol. The Balaban J connectivity index is 1.85. The van der Waals surface area contributed by atoms with Crippen LogP contribution in [0.15, 0.2) is 54.1 Å². The summed E-state index contributed by atoms with van der Waals surface area (Å²) in [5.41, 5.74) is 2.48. The van der Waals surface area contributed by atoms with Gasteiger partial charge in [0, 0.05) is 12.1 Å². The minimum Gasteiger partial charge on any atom is -0.327 e. The molecule has 120 valence electrons. The van der Waals surface area contributed by atoms with Crippen molar-refractivity contribution >= 4 is 17.8 Å². The second kappa shape index (κ2) is 6.82. The Morgan fingerprint density at radius 3 is 2.40 bits per heavy atom. The number of hydrogen-bond donors (Lipinski definition) is 0. The predicted molar refractivity (Wildman–Crippen MR) is 90.7 cm³/mol. The first-order valence-corrected chi connectivity index (χ1v) is 7.64. The van der Waals surface area contributed by atoms with E-state index in [1.165, 1.54) is 11.0 Å². The van der Waals surface area contributed by atoms with Crippen LogP contribution in [-0.2, 0) is 16.1 Å². The lowest BCUT2D eigenvalue weighted by atomic mass is 10.0. The Kier molecular flexibility index (Phi) is 4.41. The van der Waals surface area contributed by atoms with Crippen molar-refractivity contribution in [2.24, 2.45) is 0 Å². The highest BCUT2D eigenvalue weighted by atomic mass is 16.2. The summed E-state index contributed by atoms with van der Waals surface area (Å²) in [6.45, 7) is 0.605. The topological polar surface area (TPSA) is 85.0 Å². The van der Waals surface area contributed by atoms with Crippen molar-refractivity contribution in [1.82, 2.24) is 4.90 Å². The van der Waals surface area contributed by atoms with Crippen LogP contribution in [0.1, 0.15) is 22.3 Å². The summed E-state index contributed by atoms with van der Waals surface area (Å²) >= 11 is 0. The van der Waals surface area contributed by atoms with E-state index >= 15 is 0 Å². The quantitative estimate of drug-likeness (QED) is 0.640. The summed E-state index contributed by atoms with van der Waals surface area (Å²) in [5.74, 6) is -1.05. The van der Waals surface area contributed by atoms with Gasteiger partial charge in [-0.2, -0.15) is 10.5 Å². The van der Waals surface area contributed by atoms with E-state index in [1.807, 2.05) is 42.5 Å². The van der Waals surface area contributed by atoms with Crippen molar-refractivity contribution in [3.8, 4) is 12.1 Å². The summed E-state index contributed by atoms with van der Waals surface area (Å²) in [7, 11) is 0. The van der Waals surface area contributed by atoms with Crippen molar-refractivity contribution in [2.45, 2.75) is 6.54 Å². The van der Waals surface area contributed by atoms with Crippen LogP contribution in [0.2, 0.25) is 0 Å². The van der Waals surface area contributed by atoms with Crippen LogP contribution in [0.25, 0.3) is 6.08 Å². The van der Waals surface area contributed by atoms with Crippen LogP contribution in [0.3, 0.4) is 0 Å². The maximum absolute atomic E-state index is 12.2. The van der Waals surface area contributed by atoms with Gasteiger partial charge < -0.3 is 4.90 Å². The fraction of sp³-hybridized carbons (Fsp3) is 0.100. The average molecular weight is 327 g/mol. The molecule has 0 saturated carbocycles. The summed E-state index contributed by atoms with van der Waals surface area (Å²) in [6.07, 6.45) is 1.60. The molecule has 2 aromatic rings. The number of hydrogen-bond acceptors (Lipinski definition) is 4. The Labute approximate surface area is 145 Å². The number of amides is 1. The second-order valence-corrected chi connectivity index (χ2v) is 5.67. The first-order valence-electron chi connectivity index (χ1n) is 7.64. The van der Waals surface area contributed by atoms with Crippen LogP contribution in [0.5, 0.6) is 0 Å². The molecule has 1 aliphatic rings. The van der Waals surface area contributed by atoms with Gasteiger partial charge in [-0.1, -0.05) is 36.4 Å². The minimum atomic E-state index is -0.529. The van der Waals surface area contributed by atoms with E-state index in [4.69, 9.17) is 10.5 Å². The molecule has 1 aliphatic heterocycles. The molecule has 0 radical (unpaired) electrons. The number of rotatable bonds is 3. The fourth-order valence-electron chi connectivity index (χ4n) is 2.72. The molecule has 3 rings (SSSR count). The number of nitriles is 2. The van der Waals surface area contributed by atoms with Crippen molar-refractivity contribution < 1.29 is 9.59 Å². The highest BCUT2D eigenvalue weighted by molar-refractivity contribution is 6.45. The van der Waals surface area contributed by atoms with Gasteiger partial charge >= 0.3 is 0 Å². The van der Waals surface area contributed by atoms with Gasteiger partial charge in [0.2, 0.25) is 5.78 Å². The molecule has 1 saturated heterocycles. The number of Topliss-reactive ketones (excluding diaryl/α,β-unsaturated/α-hetero) is 1. The number of benzene rings is 2. The molecule has 0 bridgehead atoms. The Morgan fingerprint density at radius 2 is 1.72 bits per heavy atom. The minimum absolute atomic E-state index is 0.231. The van der Waals surface area contributed by atoms with Crippen molar-refractivity contribution in [3.63, 3.8) is 0 Å². The van der Waals surface area contributed by atoms with Crippen LogP contribution in [0.4, 0.5) is 0 Å². The van der Waals surface area contributed by atoms with Crippen molar-refractivity contribution in [1.29, 1.82) is 10.5 Å². The number of carbonyl (C=O) groups is 2. The Hall–Kier alpha value is -3.70. The zero-order valence-electron chi connectivity index (χ0n) is 13.3. The molecule has 0 aromatic heterocycles. The largest absolute Gasteiger partial charge is 0.327 e. The van der Waals surface area contributed by atoms with Gasteiger partial charge in [0.05, 0.1) is 17.7 Å². The smallest absolute Gasteiger partial charge is 0.295 e. The lowest BCUT2D eigenvalue weighted by Gasteiger charge is -2.13. The molecule has 0 N–H and O–H groups in total. The SMILES string of the molecule is N#Cc1ccc(/C=C2/CN(Cc3ccccc3)C(=O)C2=O)cc1C#N. The third-order valence-corrected chi connectivity index (χ3v) is 3.98. The molecule has 2 aromatic carbocycles. The normalized spacial score (nSPS) is 15.3. The van der Waals surface area contributed by atoms with Gasteiger partial charge in [0.1, 0.15) is 12.1 Å². The van der Waals surface area contributed by atoms with Gasteiger partial charge in [-0.15, -0.1) is 0 Å². The zero-order valence-corrected chi connectivity index (χ0v) is 13.3. The molecule has 0 unspecified atom stereocenters. The first-order chi connectivity index (χ1) is 12.1. The van der Waals surface area contributed by atoms with E-state index in [1.54, 1.807) is 18.2 Å². The van der Waals surface area contributed by atoms with E-state index < -0.39 is 11.7 Å². The molecule has 0 spiro atoms. The van der Waals surface area contributed by atoms with E-state index in [9.17, 15) is 9.59 Å². The molecule has 5 nitrogen and oxygen atoms in total. The van der Waals surface area contributed by atoms with Crippen molar-refractivity contribution in [3.05, 3.63) is 76.4 Å². The molecule has 1 fully saturated rings. The average Bonchev–Trinajstić information content (AvgIpc) is 2.90. The van der Waals surface area contributed by atoms with Crippen LogP contribution in [0, 0.1) is 22.7 Å². The van der Waals surface area contributed by atoms with E-state index in [0.29, 0.717) is 17.7 Å². The van der Waals surface area contributed by atoms with E-state index in [2.05, 4.69) is 0 Å². The van der Waals surface area contributed by atoms with Crippen LogP contribution >= 0.6 is 0 Å². The van der Waals surface area contributed by atoms with E-state index in [0.717, 1.165) is 5.56 Å². The van der Waals surface area contributed by atoms with Gasteiger partial charge in [-0.05, 0) is 29.3 Å². The first kappa shape index (κ1) is 16.2. The third kappa shape index (κ3) is 3.31. The van der Waals surface area contributed by atoms with Gasteiger partial charge in [-0.25, -0.2) is 0 Å². The van der Waals surface area contributed by atoms with Crippen LogP contribution < -0.4 is 0 Å². The predicted octanol–water partition coefficient (Wildman–Crippen LogP) is 2.42. The maximum Gasteiger partial charge on any atom is 0.295 e. The monoisotopic (exact) mass is 327 g/mol. The third-order valence-electron chi connectivity index (χ3n) is 3.98. The lowest BCUT2D eigenvalue weighted by molar-refractivity contribution is -0.139. The fourth-order valence-corrected chi connectivity index (χ4v) is 2.72. The zero-order chi connectivity index (χ0) is 17.8. The summed E-state index contributed by atoms with van der Waals surface area (Å²) < 4.78 is 0. The van der Waals surface area contributed by atoms with Crippen LogP contribution in [-0.4, -0.2) is 23.1 Å². The summed E-state index contributed by atoms with van der Waals surface area (Å²) in [4.78, 5) is 25.9. The van der Waals surface area contributed by atoms with Gasteiger partial charge in [-0.3, -0.25) is 9.59 Å². The maximum atomic E-state index is 12.2.